The topological polar surface area (TPSA) is 0 Å². The Kier molecular flexibility index (Phi) is 1.23. The number of allylic oxidation sites excluding steroid dienone is 1. The van der Waals surface area contributed by atoms with E-state index in [1.54, 1.807) is 0 Å². The Bertz CT molecular complexity index is 147. The van der Waals surface area contributed by atoms with E-state index in [1.807, 2.05) is 0 Å². The molecule has 0 saturated heterocycles. The molecule has 0 aromatic heterocycles. The number of rotatable bonds is 0. The van der Waals surface area contributed by atoms with Crippen LogP contribution in [0.2, 0.25) is 0 Å². The van der Waals surface area contributed by atoms with Crippen molar-refractivity contribution in [1.82, 2.24) is 0 Å². The molecule has 0 nitrogen and oxygen atoms in total. The van der Waals surface area contributed by atoms with Gasteiger partial charge in [0.05, 0.1) is 0 Å². The van der Waals surface area contributed by atoms with Gasteiger partial charge >= 0.3 is 0 Å². The highest BCUT2D eigenvalue weighted by molar-refractivity contribution is 9.09. The van der Waals surface area contributed by atoms with Gasteiger partial charge in [-0.25, -0.2) is 0 Å². The molecule has 0 N–H and O–H groups in total. The Hall–Kier alpha value is 0.220. The van der Waals surface area contributed by atoms with Crippen LogP contribution in [-0.2, 0) is 0 Å². The Morgan fingerprint density at radius 3 is 2.56 bits per heavy atom. The lowest BCUT2D eigenvalue weighted by atomic mass is 9.96. The molecule has 2 saturated carbocycles. The molecule has 3 atom stereocenters. The summed E-state index contributed by atoms with van der Waals surface area (Å²) in [6.45, 7) is 4.07. The minimum absolute atomic E-state index is 0.663. The molecule has 0 spiro atoms. The first-order chi connectivity index (χ1) is 4.29. The Morgan fingerprint density at radius 1 is 1.44 bits per heavy atom. The lowest BCUT2D eigenvalue weighted by Gasteiger charge is -2.17. The van der Waals surface area contributed by atoms with Gasteiger partial charge in [0.15, 0.2) is 0 Å². The molecule has 0 aromatic carbocycles. The van der Waals surface area contributed by atoms with E-state index in [9.17, 15) is 0 Å². The molecule has 0 heterocycles. The molecule has 2 bridgehead atoms. The van der Waals surface area contributed by atoms with Crippen molar-refractivity contribution >= 4 is 15.9 Å². The second-order valence-corrected chi connectivity index (χ2v) is 4.23. The zero-order chi connectivity index (χ0) is 6.43. The van der Waals surface area contributed by atoms with Crippen molar-refractivity contribution in [3.05, 3.63) is 12.2 Å². The monoisotopic (exact) mass is 186 g/mol. The summed E-state index contributed by atoms with van der Waals surface area (Å²) < 4.78 is 0. The van der Waals surface area contributed by atoms with Gasteiger partial charge in [-0.2, -0.15) is 0 Å². The van der Waals surface area contributed by atoms with Gasteiger partial charge in [-0.3, -0.25) is 0 Å². The van der Waals surface area contributed by atoms with E-state index >= 15 is 0 Å². The predicted octanol–water partition coefficient (Wildman–Crippen LogP) is 2.74. The van der Waals surface area contributed by atoms with Gasteiger partial charge in [0.2, 0.25) is 0 Å². The number of halogens is 1. The molecule has 2 aliphatic rings. The lowest BCUT2D eigenvalue weighted by molar-refractivity contribution is 0.580. The highest BCUT2D eigenvalue weighted by atomic mass is 79.9. The number of hydrogen-bond acceptors (Lipinski definition) is 0. The summed E-state index contributed by atoms with van der Waals surface area (Å²) in [4.78, 5) is 0.663. The fourth-order valence-corrected chi connectivity index (χ4v) is 3.00. The van der Waals surface area contributed by atoms with Crippen LogP contribution in [0.3, 0.4) is 0 Å². The molecule has 2 fully saturated rings. The molecule has 0 radical (unpaired) electrons. The normalized spacial score (nSPS) is 48.6. The van der Waals surface area contributed by atoms with Gasteiger partial charge < -0.3 is 0 Å². The molecule has 50 valence electrons. The van der Waals surface area contributed by atoms with Gasteiger partial charge in [-0.05, 0) is 31.1 Å². The second kappa shape index (κ2) is 1.85. The number of hydrogen-bond donors (Lipinski definition) is 0. The zero-order valence-electron chi connectivity index (χ0n) is 5.44. The molecule has 0 unspecified atom stereocenters. The molecule has 1 heteroatoms. The van der Waals surface area contributed by atoms with E-state index in [4.69, 9.17) is 0 Å². The average molecular weight is 187 g/mol. The summed E-state index contributed by atoms with van der Waals surface area (Å²) in [5.41, 5.74) is 1.46. The van der Waals surface area contributed by atoms with Crippen molar-refractivity contribution in [2.24, 2.45) is 11.8 Å². The number of fused-ring (bicyclic) bond motifs is 2. The summed E-state index contributed by atoms with van der Waals surface area (Å²) in [5, 5.41) is 0. The van der Waals surface area contributed by atoms with Crippen molar-refractivity contribution in [2.45, 2.75) is 24.1 Å². The summed E-state index contributed by atoms with van der Waals surface area (Å²) >= 11 is 3.66. The second-order valence-electron chi connectivity index (χ2n) is 3.25. The maximum atomic E-state index is 4.07. The minimum Gasteiger partial charge on any atom is -0.0984 e. The molecular formula is C8H11Br. The van der Waals surface area contributed by atoms with Gasteiger partial charge in [0.1, 0.15) is 0 Å². The summed E-state index contributed by atoms with van der Waals surface area (Å²) in [7, 11) is 0. The summed E-state index contributed by atoms with van der Waals surface area (Å²) in [6, 6.07) is 0. The van der Waals surface area contributed by atoms with Crippen LogP contribution in [0.4, 0.5) is 0 Å². The van der Waals surface area contributed by atoms with Gasteiger partial charge in [-0.1, -0.05) is 28.1 Å². The van der Waals surface area contributed by atoms with E-state index in [-0.39, 0.29) is 0 Å². The SMILES string of the molecule is C=C1[C@H]2CC[C@H](C2)[C@H]1Br. The summed E-state index contributed by atoms with van der Waals surface area (Å²) in [6.07, 6.45) is 4.25. The Labute approximate surface area is 64.5 Å². The van der Waals surface area contributed by atoms with Crippen molar-refractivity contribution in [3.8, 4) is 0 Å². The minimum atomic E-state index is 0.663. The third kappa shape index (κ3) is 0.706. The first-order valence-electron chi connectivity index (χ1n) is 3.62. The third-order valence-electron chi connectivity index (χ3n) is 2.77. The van der Waals surface area contributed by atoms with Crippen LogP contribution < -0.4 is 0 Å². The van der Waals surface area contributed by atoms with Crippen LogP contribution in [0.25, 0.3) is 0 Å². The lowest BCUT2D eigenvalue weighted by Crippen LogP contribution is -2.10. The molecular weight excluding hydrogens is 176 g/mol. The molecule has 0 aliphatic heterocycles. The van der Waals surface area contributed by atoms with Crippen molar-refractivity contribution < 1.29 is 0 Å². The van der Waals surface area contributed by atoms with Crippen molar-refractivity contribution in [2.75, 3.05) is 0 Å². The Morgan fingerprint density at radius 2 is 2.22 bits per heavy atom. The van der Waals surface area contributed by atoms with Gasteiger partial charge in [0, 0.05) is 4.83 Å². The van der Waals surface area contributed by atoms with Crippen LogP contribution in [0.15, 0.2) is 12.2 Å². The first kappa shape index (κ1) is 5.96. The van der Waals surface area contributed by atoms with E-state index in [0.29, 0.717) is 4.83 Å². The summed E-state index contributed by atoms with van der Waals surface area (Å²) in [5.74, 6) is 1.81. The van der Waals surface area contributed by atoms with Crippen LogP contribution >= 0.6 is 15.9 Å². The fourth-order valence-electron chi connectivity index (χ4n) is 2.15. The average Bonchev–Trinajstić information content (AvgIpc) is 2.37. The van der Waals surface area contributed by atoms with E-state index < -0.39 is 0 Å². The van der Waals surface area contributed by atoms with Crippen LogP contribution in [-0.4, -0.2) is 4.83 Å². The standard InChI is InChI=1S/C8H11Br/c1-5-6-2-3-7(4-6)8(5)9/h6-8H,1-4H2/t6-,7+,8-/m0/s1. The molecule has 2 aliphatic carbocycles. The van der Waals surface area contributed by atoms with Gasteiger partial charge in [0.25, 0.3) is 0 Å². The maximum absolute atomic E-state index is 4.07. The molecule has 9 heavy (non-hydrogen) atoms. The largest absolute Gasteiger partial charge is 0.0984 e. The Balaban J connectivity index is 2.25. The smallest absolute Gasteiger partial charge is 0.0383 e. The van der Waals surface area contributed by atoms with Crippen LogP contribution in [0.1, 0.15) is 19.3 Å². The molecule has 2 rings (SSSR count). The van der Waals surface area contributed by atoms with E-state index in [0.717, 1.165) is 11.8 Å². The van der Waals surface area contributed by atoms with Crippen LogP contribution in [0, 0.1) is 11.8 Å². The third-order valence-corrected chi connectivity index (χ3v) is 4.10. The van der Waals surface area contributed by atoms with Crippen molar-refractivity contribution in [1.29, 1.82) is 0 Å². The molecule has 0 amide bonds. The quantitative estimate of drug-likeness (QED) is 0.404. The van der Waals surface area contributed by atoms with Crippen LogP contribution in [0.5, 0.6) is 0 Å². The zero-order valence-corrected chi connectivity index (χ0v) is 7.02. The number of alkyl halides is 1. The maximum Gasteiger partial charge on any atom is 0.0383 e. The first-order valence-corrected chi connectivity index (χ1v) is 4.53. The predicted molar refractivity (Wildman–Crippen MR) is 42.7 cm³/mol. The fraction of sp³-hybridized carbons (Fsp3) is 0.750. The van der Waals surface area contributed by atoms with Gasteiger partial charge in [-0.15, -0.1) is 0 Å². The van der Waals surface area contributed by atoms with E-state index in [2.05, 4.69) is 22.5 Å². The van der Waals surface area contributed by atoms with Crippen molar-refractivity contribution in [3.63, 3.8) is 0 Å². The highest BCUT2D eigenvalue weighted by Gasteiger charge is 2.40. The highest BCUT2D eigenvalue weighted by Crippen LogP contribution is 2.50. The van der Waals surface area contributed by atoms with E-state index in [1.165, 1.54) is 24.8 Å². The molecule has 0 aromatic rings.